The van der Waals surface area contributed by atoms with Gasteiger partial charge < -0.3 is 10.2 Å². The number of nitrogens with one attached hydrogen (secondary N) is 1. The summed E-state index contributed by atoms with van der Waals surface area (Å²) in [5.41, 5.74) is 0.00457. The van der Waals surface area contributed by atoms with Crippen LogP contribution in [0.25, 0.3) is 0 Å². The molecule has 20 heavy (non-hydrogen) atoms. The number of sulfonamides is 1. The van der Waals surface area contributed by atoms with Crippen molar-refractivity contribution in [2.75, 3.05) is 6.54 Å². The van der Waals surface area contributed by atoms with Crippen molar-refractivity contribution in [3.8, 4) is 0 Å². The van der Waals surface area contributed by atoms with Crippen molar-refractivity contribution in [2.45, 2.75) is 30.8 Å². The van der Waals surface area contributed by atoms with E-state index in [0.717, 1.165) is 0 Å². The Hall–Kier alpha value is -0.960. The van der Waals surface area contributed by atoms with Gasteiger partial charge in [0.05, 0.1) is 16.6 Å². The zero-order valence-electron chi connectivity index (χ0n) is 10.8. The first kappa shape index (κ1) is 17.1. The molecule has 0 aliphatic rings. The lowest BCUT2D eigenvalue weighted by Crippen LogP contribution is -2.25. The average Bonchev–Trinajstić information content (AvgIpc) is 2.34. The van der Waals surface area contributed by atoms with Crippen molar-refractivity contribution in [1.82, 2.24) is 4.72 Å². The summed E-state index contributed by atoms with van der Waals surface area (Å²) in [4.78, 5) is 10.8. The third-order valence-electron chi connectivity index (χ3n) is 2.56. The number of rotatable bonds is 7. The van der Waals surface area contributed by atoms with Gasteiger partial charge >= 0.3 is 5.97 Å². The van der Waals surface area contributed by atoms with Crippen molar-refractivity contribution in [1.29, 1.82) is 0 Å². The van der Waals surface area contributed by atoms with Crippen LogP contribution in [0, 0.1) is 0 Å². The molecule has 0 spiro atoms. The van der Waals surface area contributed by atoms with Gasteiger partial charge in [-0.2, -0.15) is 0 Å². The molecule has 1 unspecified atom stereocenters. The van der Waals surface area contributed by atoms with E-state index < -0.39 is 22.1 Å². The quantitative estimate of drug-likeness (QED) is 0.636. The molecule has 1 rings (SSSR count). The van der Waals surface area contributed by atoms with Crippen LogP contribution >= 0.6 is 15.9 Å². The van der Waals surface area contributed by atoms with E-state index in [4.69, 9.17) is 10.2 Å². The summed E-state index contributed by atoms with van der Waals surface area (Å²) in [7, 11) is -3.70. The summed E-state index contributed by atoms with van der Waals surface area (Å²) >= 11 is 3.06. The summed E-state index contributed by atoms with van der Waals surface area (Å²) in [6.45, 7) is 1.84. The zero-order chi connectivity index (χ0) is 15.3. The highest BCUT2D eigenvalue weighted by Gasteiger charge is 2.18. The molecular formula is C12H16BrNO5S. The van der Waals surface area contributed by atoms with Gasteiger partial charge in [-0.25, -0.2) is 17.9 Å². The molecule has 1 aromatic rings. The van der Waals surface area contributed by atoms with Gasteiger partial charge in [-0.1, -0.05) is 0 Å². The highest BCUT2D eigenvalue weighted by atomic mass is 79.9. The molecule has 0 heterocycles. The molecule has 8 heteroatoms. The smallest absolute Gasteiger partial charge is 0.335 e. The van der Waals surface area contributed by atoms with Crippen molar-refractivity contribution in [3.05, 3.63) is 28.2 Å². The second kappa shape index (κ2) is 7.16. The standard InChI is InChI=1S/C12H16BrNO5S/c1-8(15)3-2-6-14-20(18,19)11-5-4-9(12(16)17)7-10(11)13/h4-5,7-8,14-15H,2-3,6H2,1H3,(H,16,17). The summed E-state index contributed by atoms with van der Waals surface area (Å²) in [5.74, 6) is -1.13. The maximum absolute atomic E-state index is 12.0. The molecule has 0 bridgehead atoms. The lowest BCUT2D eigenvalue weighted by Gasteiger charge is -2.09. The first-order chi connectivity index (χ1) is 9.24. The van der Waals surface area contributed by atoms with Gasteiger partial charge in [-0.05, 0) is 53.9 Å². The molecule has 0 aromatic heterocycles. The van der Waals surface area contributed by atoms with E-state index >= 15 is 0 Å². The Kier molecular flexibility index (Phi) is 6.12. The Labute approximate surface area is 126 Å². The first-order valence-electron chi connectivity index (χ1n) is 5.94. The number of carboxylic acid groups (broad SMARTS) is 1. The molecule has 1 atom stereocenters. The van der Waals surface area contributed by atoms with E-state index in [9.17, 15) is 13.2 Å². The zero-order valence-corrected chi connectivity index (χ0v) is 13.2. The number of carbonyl (C=O) groups is 1. The molecule has 3 N–H and O–H groups in total. The molecule has 0 amide bonds. The van der Waals surface area contributed by atoms with Crippen LogP contribution in [0.3, 0.4) is 0 Å². The molecule has 0 saturated carbocycles. The molecule has 0 radical (unpaired) electrons. The van der Waals surface area contributed by atoms with Crippen LogP contribution in [0.5, 0.6) is 0 Å². The van der Waals surface area contributed by atoms with E-state index in [1.54, 1.807) is 6.92 Å². The highest BCUT2D eigenvalue weighted by molar-refractivity contribution is 9.10. The SMILES string of the molecule is CC(O)CCCNS(=O)(=O)c1ccc(C(=O)O)cc1Br. The van der Waals surface area contributed by atoms with Crippen molar-refractivity contribution in [3.63, 3.8) is 0 Å². The molecule has 112 valence electrons. The minimum absolute atomic E-state index is 0.00457. The van der Waals surface area contributed by atoms with Crippen LogP contribution in [0.2, 0.25) is 0 Å². The molecule has 1 aromatic carbocycles. The van der Waals surface area contributed by atoms with Gasteiger partial charge in [0.2, 0.25) is 10.0 Å². The average molecular weight is 366 g/mol. The molecule has 0 saturated heterocycles. The Morgan fingerprint density at radius 3 is 2.60 bits per heavy atom. The van der Waals surface area contributed by atoms with Gasteiger partial charge in [0.25, 0.3) is 0 Å². The summed E-state index contributed by atoms with van der Waals surface area (Å²) in [6.07, 6.45) is 0.546. The Bertz CT molecular complexity index is 586. The largest absolute Gasteiger partial charge is 0.478 e. The number of aliphatic hydroxyl groups excluding tert-OH is 1. The molecular weight excluding hydrogens is 350 g/mol. The molecule has 6 nitrogen and oxygen atoms in total. The number of benzene rings is 1. The molecule has 0 aliphatic heterocycles. The van der Waals surface area contributed by atoms with Crippen molar-refractivity contribution in [2.24, 2.45) is 0 Å². The third-order valence-corrected chi connectivity index (χ3v) is 5.00. The normalized spacial score (nSPS) is 13.2. The van der Waals surface area contributed by atoms with Crippen LogP contribution < -0.4 is 4.72 Å². The summed E-state index contributed by atoms with van der Waals surface area (Å²) < 4.78 is 26.7. The Balaban J connectivity index is 2.80. The first-order valence-corrected chi connectivity index (χ1v) is 8.22. The lowest BCUT2D eigenvalue weighted by atomic mass is 10.2. The monoisotopic (exact) mass is 365 g/mol. The lowest BCUT2D eigenvalue weighted by molar-refractivity contribution is 0.0696. The highest BCUT2D eigenvalue weighted by Crippen LogP contribution is 2.23. The summed E-state index contributed by atoms with van der Waals surface area (Å²) in [6, 6.07) is 3.72. The predicted molar refractivity (Wildman–Crippen MR) is 77.2 cm³/mol. The maximum atomic E-state index is 12.0. The van der Waals surface area contributed by atoms with Crippen LogP contribution in [0.1, 0.15) is 30.1 Å². The minimum atomic E-state index is -3.70. The topological polar surface area (TPSA) is 104 Å². The van der Waals surface area contributed by atoms with Gasteiger partial charge in [0.1, 0.15) is 0 Å². The second-order valence-corrected chi connectivity index (χ2v) is 6.93. The Morgan fingerprint density at radius 2 is 2.10 bits per heavy atom. The van der Waals surface area contributed by atoms with Crippen LogP contribution in [-0.2, 0) is 10.0 Å². The van der Waals surface area contributed by atoms with Crippen LogP contribution in [0.4, 0.5) is 0 Å². The Morgan fingerprint density at radius 1 is 1.45 bits per heavy atom. The summed E-state index contributed by atoms with van der Waals surface area (Å²) in [5, 5.41) is 17.9. The van der Waals surface area contributed by atoms with Crippen molar-refractivity contribution < 1.29 is 23.4 Å². The number of aromatic carboxylic acids is 1. The third kappa shape index (κ3) is 4.86. The van der Waals surface area contributed by atoms with Crippen LogP contribution in [-0.4, -0.2) is 37.2 Å². The minimum Gasteiger partial charge on any atom is -0.478 e. The van der Waals surface area contributed by atoms with E-state index in [1.807, 2.05) is 0 Å². The fourth-order valence-corrected chi connectivity index (χ4v) is 3.68. The van der Waals surface area contributed by atoms with E-state index in [2.05, 4.69) is 20.7 Å². The predicted octanol–water partition coefficient (Wildman–Crippen LogP) is 1.59. The maximum Gasteiger partial charge on any atom is 0.335 e. The van der Waals surface area contributed by atoms with E-state index in [1.165, 1.54) is 18.2 Å². The van der Waals surface area contributed by atoms with Crippen molar-refractivity contribution >= 4 is 31.9 Å². The number of carboxylic acids is 1. The van der Waals surface area contributed by atoms with E-state index in [0.29, 0.717) is 12.8 Å². The van der Waals surface area contributed by atoms with E-state index in [-0.39, 0.29) is 21.5 Å². The number of hydrogen-bond donors (Lipinski definition) is 3. The van der Waals surface area contributed by atoms with Gasteiger partial charge in [0, 0.05) is 11.0 Å². The second-order valence-electron chi connectivity index (χ2n) is 4.34. The molecule has 0 fully saturated rings. The number of aliphatic hydroxyl groups is 1. The number of halogens is 1. The number of hydrogen-bond acceptors (Lipinski definition) is 4. The van der Waals surface area contributed by atoms with Gasteiger partial charge in [0.15, 0.2) is 0 Å². The fraction of sp³-hybridized carbons (Fsp3) is 0.417. The fourth-order valence-electron chi connectivity index (χ4n) is 1.53. The van der Waals surface area contributed by atoms with Crippen LogP contribution in [0.15, 0.2) is 27.6 Å². The van der Waals surface area contributed by atoms with Gasteiger partial charge in [-0.15, -0.1) is 0 Å². The molecule has 0 aliphatic carbocycles. The van der Waals surface area contributed by atoms with Gasteiger partial charge in [-0.3, -0.25) is 0 Å².